The van der Waals surface area contributed by atoms with Gasteiger partial charge in [-0.05, 0) is 18.5 Å². The van der Waals surface area contributed by atoms with Crippen LogP contribution in [0.2, 0.25) is 0 Å². The van der Waals surface area contributed by atoms with E-state index in [1.165, 1.54) is 0 Å². The van der Waals surface area contributed by atoms with Gasteiger partial charge >= 0.3 is 6.03 Å². The molecule has 0 N–H and O–H groups in total. The smallest absolute Gasteiger partial charge is 0.320 e. The third-order valence-corrected chi connectivity index (χ3v) is 5.08. The van der Waals surface area contributed by atoms with Crippen molar-refractivity contribution in [2.45, 2.75) is 26.1 Å². The zero-order valence-corrected chi connectivity index (χ0v) is 15.0. The standard InChI is InChI=1S/C19H29N3O2/c1-15(2)17-13-22(19(23)21-11-9-20(3)10-12-21)14-18(24-17)16-7-5-4-6-8-16/h4-8,15,17-18H,9-14H2,1-3H3/t17-,18+/m1/s1. The summed E-state index contributed by atoms with van der Waals surface area (Å²) in [5.41, 5.74) is 1.15. The van der Waals surface area contributed by atoms with E-state index in [-0.39, 0.29) is 18.2 Å². The lowest BCUT2D eigenvalue weighted by Crippen LogP contribution is -2.56. The zero-order chi connectivity index (χ0) is 17.1. The molecular formula is C19H29N3O2. The molecule has 2 heterocycles. The number of hydrogen-bond acceptors (Lipinski definition) is 3. The number of nitrogens with zero attached hydrogens (tertiary/aromatic N) is 3. The minimum Gasteiger partial charge on any atom is -0.366 e. The first kappa shape index (κ1) is 17.2. The average Bonchev–Trinajstić information content (AvgIpc) is 2.62. The van der Waals surface area contributed by atoms with Crippen molar-refractivity contribution in [2.24, 2.45) is 5.92 Å². The first-order chi connectivity index (χ1) is 11.5. The topological polar surface area (TPSA) is 36.0 Å². The van der Waals surface area contributed by atoms with Gasteiger partial charge < -0.3 is 19.4 Å². The molecule has 3 rings (SSSR count). The molecule has 24 heavy (non-hydrogen) atoms. The highest BCUT2D eigenvalue weighted by molar-refractivity contribution is 5.74. The van der Waals surface area contributed by atoms with Crippen molar-refractivity contribution in [3.05, 3.63) is 35.9 Å². The molecule has 2 amide bonds. The largest absolute Gasteiger partial charge is 0.366 e. The van der Waals surface area contributed by atoms with E-state index >= 15 is 0 Å². The maximum absolute atomic E-state index is 13.0. The van der Waals surface area contributed by atoms with Crippen molar-refractivity contribution in [3.8, 4) is 0 Å². The molecule has 5 nitrogen and oxygen atoms in total. The number of piperazine rings is 1. The lowest BCUT2D eigenvalue weighted by molar-refractivity contribution is -0.0963. The first-order valence-electron chi connectivity index (χ1n) is 8.97. The minimum absolute atomic E-state index is 0.0382. The van der Waals surface area contributed by atoms with E-state index in [0.717, 1.165) is 31.7 Å². The van der Waals surface area contributed by atoms with Crippen LogP contribution in [0.1, 0.15) is 25.5 Å². The molecule has 0 spiro atoms. The highest BCUT2D eigenvalue weighted by Crippen LogP contribution is 2.28. The van der Waals surface area contributed by atoms with E-state index in [1.54, 1.807) is 0 Å². The van der Waals surface area contributed by atoms with Crippen molar-refractivity contribution in [2.75, 3.05) is 46.3 Å². The Bertz CT molecular complexity index is 541. The Morgan fingerprint density at radius 1 is 1.04 bits per heavy atom. The van der Waals surface area contributed by atoms with Crippen LogP contribution in [0.3, 0.4) is 0 Å². The second kappa shape index (κ2) is 7.53. The molecule has 132 valence electrons. The third-order valence-electron chi connectivity index (χ3n) is 5.08. The van der Waals surface area contributed by atoms with Gasteiger partial charge in [-0.1, -0.05) is 44.2 Å². The summed E-state index contributed by atoms with van der Waals surface area (Å²) in [6, 6.07) is 10.4. The third kappa shape index (κ3) is 3.90. The number of morpholine rings is 1. The Morgan fingerprint density at radius 3 is 2.33 bits per heavy atom. The number of rotatable bonds is 2. The highest BCUT2D eigenvalue weighted by Gasteiger charge is 2.35. The van der Waals surface area contributed by atoms with Crippen molar-refractivity contribution < 1.29 is 9.53 Å². The first-order valence-corrected chi connectivity index (χ1v) is 8.97. The van der Waals surface area contributed by atoms with Gasteiger partial charge in [0.25, 0.3) is 0 Å². The molecule has 2 aliphatic heterocycles. The van der Waals surface area contributed by atoms with Crippen LogP contribution in [-0.2, 0) is 4.74 Å². The quantitative estimate of drug-likeness (QED) is 0.835. The van der Waals surface area contributed by atoms with Crippen LogP contribution in [0.25, 0.3) is 0 Å². The van der Waals surface area contributed by atoms with E-state index < -0.39 is 0 Å². The zero-order valence-electron chi connectivity index (χ0n) is 15.0. The monoisotopic (exact) mass is 331 g/mol. The Kier molecular flexibility index (Phi) is 5.41. The number of carbonyl (C=O) groups is 1. The number of benzene rings is 1. The molecule has 0 radical (unpaired) electrons. The fraction of sp³-hybridized carbons (Fsp3) is 0.632. The number of urea groups is 1. The average molecular weight is 331 g/mol. The van der Waals surface area contributed by atoms with Gasteiger partial charge in [0.05, 0.1) is 12.6 Å². The second-order valence-corrected chi connectivity index (χ2v) is 7.30. The molecule has 0 bridgehead atoms. The summed E-state index contributed by atoms with van der Waals surface area (Å²) in [6.07, 6.45) is 0.0455. The van der Waals surface area contributed by atoms with Gasteiger partial charge in [-0.25, -0.2) is 4.79 Å². The summed E-state index contributed by atoms with van der Waals surface area (Å²) >= 11 is 0. The summed E-state index contributed by atoms with van der Waals surface area (Å²) < 4.78 is 6.30. The van der Waals surface area contributed by atoms with Crippen LogP contribution < -0.4 is 0 Å². The molecule has 2 aliphatic rings. The molecule has 1 aromatic carbocycles. The summed E-state index contributed by atoms with van der Waals surface area (Å²) in [6.45, 7) is 9.18. The van der Waals surface area contributed by atoms with Crippen LogP contribution in [0.15, 0.2) is 30.3 Å². The number of hydrogen-bond donors (Lipinski definition) is 0. The predicted molar refractivity (Wildman–Crippen MR) is 94.9 cm³/mol. The highest BCUT2D eigenvalue weighted by atomic mass is 16.5. The Balaban J connectivity index is 1.73. The van der Waals surface area contributed by atoms with Crippen molar-refractivity contribution in [1.29, 1.82) is 0 Å². The maximum atomic E-state index is 13.0. The van der Waals surface area contributed by atoms with Crippen molar-refractivity contribution in [1.82, 2.24) is 14.7 Å². The van der Waals surface area contributed by atoms with E-state index in [4.69, 9.17) is 4.74 Å². The van der Waals surface area contributed by atoms with Gasteiger partial charge in [0, 0.05) is 32.7 Å². The lowest BCUT2D eigenvalue weighted by Gasteiger charge is -2.43. The number of ether oxygens (including phenoxy) is 1. The summed E-state index contributed by atoms with van der Waals surface area (Å²) in [5.74, 6) is 0.388. The summed E-state index contributed by atoms with van der Waals surface area (Å²) in [5, 5.41) is 0. The van der Waals surface area contributed by atoms with Crippen LogP contribution in [-0.4, -0.2) is 73.2 Å². The van der Waals surface area contributed by atoms with Crippen LogP contribution in [0.4, 0.5) is 4.79 Å². The molecule has 0 saturated carbocycles. The van der Waals surface area contributed by atoms with Gasteiger partial charge in [0.15, 0.2) is 0 Å². The van der Waals surface area contributed by atoms with Crippen LogP contribution in [0.5, 0.6) is 0 Å². The molecule has 2 saturated heterocycles. The predicted octanol–water partition coefficient (Wildman–Crippen LogP) is 2.45. The molecule has 2 fully saturated rings. The fourth-order valence-corrected chi connectivity index (χ4v) is 3.36. The van der Waals surface area contributed by atoms with E-state index in [1.807, 2.05) is 28.0 Å². The van der Waals surface area contributed by atoms with Gasteiger partial charge in [0.1, 0.15) is 6.10 Å². The second-order valence-electron chi connectivity index (χ2n) is 7.30. The SMILES string of the molecule is CC(C)[C@H]1CN(C(=O)N2CCN(C)CC2)C[C@@H](c2ccccc2)O1. The molecule has 0 unspecified atom stereocenters. The summed E-state index contributed by atoms with van der Waals surface area (Å²) in [4.78, 5) is 19.2. The van der Waals surface area contributed by atoms with Gasteiger partial charge in [-0.3, -0.25) is 0 Å². The normalized spacial score (nSPS) is 26.0. The number of likely N-dealkylation sites (N-methyl/N-ethyl adjacent to an activating group) is 1. The molecule has 1 aromatic rings. The van der Waals surface area contributed by atoms with Crippen molar-refractivity contribution in [3.63, 3.8) is 0 Å². The Hall–Kier alpha value is -1.59. The van der Waals surface area contributed by atoms with Crippen LogP contribution >= 0.6 is 0 Å². The Labute approximate surface area is 145 Å². The Morgan fingerprint density at radius 2 is 1.71 bits per heavy atom. The van der Waals surface area contributed by atoms with E-state index in [2.05, 4.69) is 37.9 Å². The molecule has 5 heteroatoms. The van der Waals surface area contributed by atoms with E-state index in [0.29, 0.717) is 19.0 Å². The molecular weight excluding hydrogens is 302 g/mol. The molecule has 2 atom stereocenters. The molecule has 0 aliphatic carbocycles. The lowest BCUT2D eigenvalue weighted by atomic mass is 10.0. The molecule has 0 aromatic heterocycles. The fourth-order valence-electron chi connectivity index (χ4n) is 3.36. The van der Waals surface area contributed by atoms with Crippen LogP contribution in [0, 0.1) is 5.92 Å². The summed E-state index contributed by atoms with van der Waals surface area (Å²) in [7, 11) is 2.11. The maximum Gasteiger partial charge on any atom is 0.320 e. The minimum atomic E-state index is -0.0382. The van der Waals surface area contributed by atoms with E-state index in [9.17, 15) is 4.79 Å². The number of carbonyl (C=O) groups excluding carboxylic acids is 1. The van der Waals surface area contributed by atoms with Crippen molar-refractivity contribution >= 4 is 6.03 Å². The van der Waals surface area contributed by atoms with Gasteiger partial charge in [0.2, 0.25) is 0 Å². The number of amides is 2. The van der Waals surface area contributed by atoms with Gasteiger partial charge in [-0.15, -0.1) is 0 Å². The van der Waals surface area contributed by atoms with Gasteiger partial charge in [-0.2, -0.15) is 0 Å².